The molecule has 0 saturated carbocycles. The zero-order valence-electron chi connectivity index (χ0n) is 26.8. The Bertz CT molecular complexity index is 1890. The standard InChI is InChI=1S/C35H33F3N4O6.ClH/c1-4-21(2)32(44)39-27-18-41(33(45)24-15-13-23(14-16-24)22(3)43)30-12-8-7-11-29(30)40(34(27)46)17-26-25-9-5-6-10-28(25)42(47)19-31(26)48-20-35(36,37)38;/h5-16,19,21,27H,4,17-18,20H2,1-3H3,(H,39,44);1H/t21-,27+;/m1./s1. The van der Waals surface area contributed by atoms with Crippen LogP contribution in [0, 0.1) is 11.1 Å². The third kappa shape index (κ3) is 7.94. The first-order valence-electron chi connectivity index (χ1n) is 15.3. The van der Waals surface area contributed by atoms with E-state index in [1.807, 2.05) is 6.92 Å². The van der Waals surface area contributed by atoms with E-state index in [2.05, 4.69) is 5.32 Å². The van der Waals surface area contributed by atoms with Crippen molar-refractivity contribution in [2.75, 3.05) is 23.0 Å². The number of pyridine rings is 1. The number of ether oxygens (including phenoxy) is 1. The fraction of sp³-hybridized carbons (Fsp3) is 0.286. The molecule has 14 heteroatoms. The van der Waals surface area contributed by atoms with Crippen molar-refractivity contribution >= 4 is 58.2 Å². The first kappa shape index (κ1) is 36.7. The van der Waals surface area contributed by atoms with Crippen molar-refractivity contribution in [1.29, 1.82) is 0 Å². The molecule has 0 fully saturated rings. The number of halogens is 4. The third-order valence-corrected chi connectivity index (χ3v) is 8.26. The second kappa shape index (κ2) is 14.9. The van der Waals surface area contributed by atoms with Crippen LogP contribution in [0.3, 0.4) is 0 Å². The molecule has 4 aromatic rings. The topological polar surface area (TPSA) is 123 Å². The van der Waals surface area contributed by atoms with Gasteiger partial charge in [0.05, 0.1) is 29.9 Å². The van der Waals surface area contributed by atoms with Crippen LogP contribution >= 0.6 is 12.4 Å². The molecule has 1 aliphatic heterocycles. The number of hydrogen-bond donors (Lipinski definition) is 1. The third-order valence-electron chi connectivity index (χ3n) is 8.26. The number of anilines is 2. The Morgan fingerprint density at radius 3 is 2.24 bits per heavy atom. The van der Waals surface area contributed by atoms with Gasteiger partial charge in [0.2, 0.25) is 17.6 Å². The molecule has 1 aromatic heterocycles. The molecule has 0 spiro atoms. The fourth-order valence-corrected chi connectivity index (χ4v) is 5.46. The van der Waals surface area contributed by atoms with Crippen molar-refractivity contribution < 1.29 is 41.8 Å². The zero-order chi connectivity index (χ0) is 34.7. The van der Waals surface area contributed by atoms with Gasteiger partial charge in [-0.25, -0.2) is 0 Å². The van der Waals surface area contributed by atoms with Crippen molar-refractivity contribution in [2.45, 2.75) is 46.0 Å². The van der Waals surface area contributed by atoms with Crippen LogP contribution in [-0.2, 0) is 16.1 Å². The van der Waals surface area contributed by atoms with Crippen molar-refractivity contribution in [1.82, 2.24) is 5.32 Å². The van der Waals surface area contributed by atoms with Crippen molar-refractivity contribution in [3.05, 3.63) is 101 Å². The van der Waals surface area contributed by atoms with Crippen LogP contribution in [0.15, 0.2) is 79.0 Å². The molecular weight excluding hydrogens is 665 g/mol. The zero-order valence-corrected chi connectivity index (χ0v) is 27.6. The number of carbonyl (C=O) groups excluding carboxylic acids is 4. The van der Waals surface area contributed by atoms with Crippen LogP contribution in [-0.4, -0.2) is 48.9 Å². The first-order valence-corrected chi connectivity index (χ1v) is 15.3. The highest BCUT2D eigenvalue weighted by Gasteiger charge is 2.39. The minimum absolute atomic E-state index is 0. The maximum Gasteiger partial charge on any atom is 0.422 e. The minimum Gasteiger partial charge on any atom is -0.618 e. The number of rotatable bonds is 9. The molecule has 0 unspecified atom stereocenters. The highest BCUT2D eigenvalue weighted by Crippen LogP contribution is 2.37. The Kier molecular flexibility index (Phi) is 11.2. The number of amides is 3. The van der Waals surface area contributed by atoms with Crippen molar-refractivity contribution in [3.63, 3.8) is 0 Å². The van der Waals surface area contributed by atoms with Crippen LogP contribution < -0.4 is 24.6 Å². The van der Waals surface area contributed by atoms with Crippen LogP contribution in [0.25, 0.3) is 10.9 Å². The van der Waals surface area contributed by atoms with Gasteiger partial charge in [0.15, 0.2) is 18.1 Å². The molecule has 1 aliphatic rings. The van der Waals surface area contributed by atoms with Crippen LogP contribution in [0.5, 0.6) is 5.75 Å². The average Bonchev–Trinajstić information content (AvgIpc) is 3.18. The largest absolute Gasteiger partial charge is 0.618 e. The number of alkyl halides is 3. The Hall–Kier alpha value is -5.17. The Morgan fingerprint density at radius 2 is 1.61 bits per heavy atom. The van der Waals surface area contributed by atoms with E-state index in [-0.39, 0.29) is 64.7 Å². The van der Waals surface area contributed by atoms with E-state index in [0.717, 1.165) is 6.20 Å². The summed E-state index contributed by atoms with van der Waals surface area (Å²) in [5.74, 6) is -2.60. The predicted octanol–water partition coefficient (Wildman–Crippen LogP) is 5.76. The number of nitrogens with one attached hydrogen (secondary N) is 1. The summed E-state index contributed by atoms with van der Waals surface area (Å²) in [5.41, 5.74) is 1.41. The molecule has 2 atom stereocenters. The molecular formula is C35H34ClF3N4O6. The number of nitrogens with zero attached hydrogens (tertiary/aromatic N) is 3. The summed E-state index contributed by atoms with van der Waals surface area (Å²) < 4.78 is 45.4. The smallest absolute Gasteiger partial charge is 0.422 e. The minimum atomic E-state index is -4.71. The normalized spacial score (nSPS) is 15.1. The number of ketones is 1. The van der Waals surface area contributed by atoms with Gasteiger partial charge in [-0.3, -0.25) is 19.2 Å². The number of para-hydroxylation sites is 3. The molecule has 1 N–H and O–H groups in total. The summed E-state index contributed by atoms with van der Waals surface area (Å²) in [4.78, 5) is 56.2. The summed E-state index contributed by atoms with van der Waals surface area (Å²) in [6.45, 7) is 2.60. The van der Waals surface area contributed by atoms with Gasteiger partial charge in [-0.05, 0) is 43.7 Å². The van der Waals surface area contributed by atoms with Gasteiger partial charge >= 0.3 is 6.18 Å². The SMILES string of the molecule is CC[C@@H](C)C(=O)N[C@H]1CN(C(=O)c2ccc(C(C)=O)cc2)c2ccccc2N(Cc2c(OCC(F)(F)F)c[n+]([O-])c3ccccc23)C1=O.Cl. The lowest BCUT2D eigenvalue weighted by atomic mass is 10.1. The highest BCUT2D eigenvalue weighted by atomic mass is 35.5. The number of aromatic nitrogens is 1. The number of hydrogen-bond acceptors (Lipinski definition) is 6. The van der Waals surface area contributed by atoms with Gasteiger partial charge in [0, 0.05) is 28.7 Å². The van der Waals surface area contributed by atoms with E-state index in [9.17, 15) is 37.6 Å². The van der Waals surface area contributed by atoms with E-state index in [0.29, 0.717) is 22.4 Å². The van der Waals surface area contributed by atoms with Crippen molar-refractivity contribution in [3.8, 4) is 5.75 Å². The lowest BCUT2D eigenvalue weighted by Crippen LogP contribution is -2.53. The molecule has 258 valence electrons. The summed E-state index contributed by atoms with van der Waals surface area (Å²) in [7, 11) is 0. The molecule has 2 heterocycles. The lowest BCUT2D eigenvalue weighted by Gasteiger charge is -2.27. The number of carbonyl (C=O) groups is 4. The molecule has 10 nitrogen and oxygen atoms in total. The maximum atomic E-state index is 14.5. The molecule has 3 amide bonds. The van der Waals surface area contributed by atoms with E-state index in [1.165, 1.54) is 53.1 Å². The Labute approximate surface area is 286 Å². The van der Waals surface area contributed by atoms with E-state index < -0.39 is 42.5 Å². The summed E-state index contributed by atoms with van der Waals surface area (Å²) in [5, 5.41) is 15.9. The van der Waals surface area contributed by atoms with E-state index in [4.69, 9.17) is 4.74 Å². The number of Topliss-reactive ketones (excluding diaryl/α,β-unsaturated/α-hetero) is 1. The van der Waals surface area contributed by atoms with E-state index in [1.54, 1.807) is 43.3 Å². The van der Waals surface area contributed by atoms with Crippen LogP contribution in [0.1, 0.15) is 53.5 Å². The molecule has 3 aromatic carbocycles. The molecule has 0 radical (unpaired) electrons. The van der Waals surface area contributed by atoms with Crippen LogP contribution in [0.2, 0.25) is 0 Å². The first-order chi connectivity index (χ1) is 22.8. The Morgan fingerprint density at radius 1 is 1.00 bits per heavy atom. The molecule has 49 heavy (non-hydrogen) atoms. The maximum absolute atomic E-state index is 14.5. The van der Waals surface area contributed by atoms with Crippen LogP contribution in [0.4, 0.5) is 24.5 Å². The summed E-state index contributed by atoms with van der Waals surface area (Å²) >= 11 is 0. The van der Waals surface area contributed by atoms with E-state index >= 15 is 0 Å². The molecule has 0 bridgehead atoms. The van der Waals surface area contributed by atoms with Gasteiger partial charge < -0.3 is 25.1 Å². The Balaban J connectivity index is 0.00000541. The van der Waals surface area contributed by atoms with Gasteiger partial charge in [-0.15, -0.1) is 12.4 Å². The fourth-order valence-electron chi connectivity index (χ4n) is 5.46. The summed E-state index contributed by atoms with van der Waals surface area (Å²) in [6, 6.07) is 17.5. The second-order valence-corrected chi connectivity index (χ2v) is 11.6. The highest BCUT2D eigenvalue weighted by molar-refractivity contribution is 6.13. The van der Waals surface area contributed by atoms with Gasteiger partial charge in [-0.1, -0.05) is 50.2 Å². The molecule has 0 saturated heterocycles. The second-order valence-electron chi connectivity index (χ2n) is 11.6. The number of benzene rings is 3. The number of fused-ring (bicyclic) bond motifs is 2. The summed E-state index contributed by atoms with van der Waals surface area (Å²) in [6.07, 6.45) is -3.34. The quantitative estimate of drug-likeness (QED) is 0.135. The van der Waals surface area contributed by atoms with Gasteiger partial charge in [-0.2, -0.15) is 17.9 Å². The molecule has 0 aliphatic carbocycles. The molecule has 5 rings (SSSR count). The lowest BCUT2D eigenvalue weighted by molar-refractivity contribution is -0.577. The monoisotopic (exact) mass is 698 g/mol. The average molecular weight is 699 g/mol. The van der Waals surface area contributed by atoms with Crippen molar-refractivity contribution in [2.24, 2.45) is 5.92 Å². The van der Waals surface area contributed by atoms with Gasteiger partial charge in [0.1, 0.15) is 6.04 Å². The predicted molar refractivity (Wildman–Crippen MR) is 179 cm³/mol. The van der Waals surface area contributed by atoms with Gasteiger partial charge in [0.25, 0.3) is 11.8 Å².